The normalized spacial score (nSPS) is 10.8. The monoisotopic (exact) mass is 452 g/mol. The first kappa shape index (κ1) is 23.1. The molecule has 172 valence electrons. The molecule has 0 saturated heterocycles. The van der Waals surface area contributed by atoms with Gasteiger partial charge in [-0.25, -0.2) is 0 Å². The van der Waals surface area contributed by atoms with Gasteiger partial charge in [-0.15, -0.1) is 0 Å². The van der Waals surface area contributed by atoms with E-state index in [1.807, 2.05) is 62.5 Å². The second-order valence-electron chi connectivity index (χ2n) is 8.55. The Morgan fingerprint density at radius 2 is 1.71 bits per heavy atom. The summed E-state index contributed by atoms with van der Waals surface area (Å²) in [5, 5.41) is 4.33. The highest BCUT2D eigenvalue weighted by molar-refractivity contribution is 5.98. The van der Waals surface area contributed by atoms with Gasteiger partial charge >= 0.3 is 0 Å². The van der Waals surface area contributed by atoms with Crippen molar-refractivity contribution in [1.82, 2.24) is 9.88 Å². The van der Waals surface area contributed by atoms with Crippen LogP contribution in [0.25, 0.3) is 21.9 Å². The van der Waals surface area contributed by atoms with Crippen molar-refractivity contribution in [3.63, 3.8) is 0 Å². The standard InChI is InChI=1S/C29H28N2O3/c1-6-26(32)30-16-21-10-9-13-25(34-28-19(3)14-18(2)15-20(28)4)27(21)24-17-31(5)29(33)23-12-8-7-11-22(23)24/h6-15,17H,1,16H2,2-5H3,(H,30,32). The molecule has 0 aliphatic carbocycles. The van der Waals surface area contributed by atoms with Crippen LogP contribution in [0.15, 0.2) is 78.2 Å². The van der Waals surface area contributed by atoms with E-state index in [9.17, 15) is 9.59 Å². The number of aryl methyl sites for hydroxylation is 4. The van der Waals surface area contributed by atoms with E-state index in [-0.39, 0.29) is 11.5 Å². The fraction of sp³-hybridized carbons (Fsp3) is 0.172. The van der Waals surface area contributed by atoms with Crippen molar-refractivity contribution >= 4 is 16.7 Å². The predicted molar refractivity (Wildman–Crippen MR) is 137 cm³/mol. The molecule has 5 heteroatoms. The smallest absolute Gasteiger partial charge is 0.258 e. The molecule has 1 amide bonds. The average molecular weight is 453 g/mol. The van der Waals surface area contributed by atoms with E-state index in [4.69, 9.17) is 4.74 Å². The van der Waals surface area contributed by atoms with Crippen LogP contribution in [-0.2, 0) is 18.4 Å². The highest BCUT2D eigenvalue weighted by Crippen LogP contribution is 2.40. The minimum atomic E-state index is -0.257. The summed E-state index contributed by atoms with van der Waals surface area (Å²) in [6.07, 6.45) is 3.08. The van der Waals surface area contributed by atoms with Gasteiger partial charge in [-0.1, -0.05) is 54.6 Å². The number of hydrogen-bond acceptors (Lipinski definition) is 3. The maximum atomic E-state index is 12.8. The minimum absolute atomic E-state index is 0.0653. The maximum Gasteiger partial charge on any atom is 0.258 e. The molecule has 0 unspecified atom stereocenters. The molecule has 1 N–H and O–H groups in total. The molecule has 0 bridgehead atoms. The first-order valence-corrected chi connectivity index (χ1v) is 11.2. The summed E-state index contributed by atoms with van der Waals surface area (Å²) in [6.45, 7) is 9.96. The van der Waals surface area contributed by atoms with E-state index < -0.39 is 0 Å². The third-order valence-electron chi connectivity index (χ3n) is 5.93. The summed E-state index contributed by atoms with van der Waals surface area (Å²) in [7, 11) is 1.75. The van der Waals surface area contributed by atoms with Gasteiger partial charge in [0.05, 0.1) is 0 Å². The molecule has 0 saturated carbocycles. The Hall–Kier alpha value is -4.12. The number of benzene rings is 3. The largest absolute Gasteiger partial charge is 0.456 e. The Labute approximate surface area is 199 Å². The van der Waals surface area contributed by atoms with Gasteiger partial charge in [0.25, 0.3) is 5.56 Å². The number of fused-ring (bicyclic) bond motifs is 1. The quantitative estimate of drug-likeness (QED) is 0.380. The van der Waals surface area contributed by atoms with Crippen molar-refractivity contribution in [1.29, 1.82) is 0 Å². The first-order valence-electron chi connectivity index (χ1n) is 11.2. The Morgan fingerprint density at radius 3 is 2.38 bits per heavy atom. The van der Waals surface area contributed by atoms with Crippen LogP contribution in [0, 0.1) is 20.8 Å². The number of amides is 1. The number of hydrogen-bond donors (Lipinski definition) is 1. The van der Waals surface area contributed by atoms with Crippen LogP contribution in [0.1, 0.15) is 22.3 Å². The van der Waals surface area contributed by atoms with Crippen molar-refractivity contribution in [2.75, 3.05) is 0 Å². The van der Waals surface area contributed by atoms with Crippen molar-refractivity contribution in [2.45, 2.75) is 27.3 Å². The molecular formula is C29H28N2O3. The maximum absolute atomic E-state index is 12.8. The van der Waals surface area contributed by atoms with Gasteiger partial charge in [-0.2, -0.15) is 0 Å². The minimum Gasteiger partial charge on any atom is -0.456 e. The number of nitrogens with one attached hydrogen (secondary N) is 1. The molecule has 0 aliphatic rings. The van der Waals surface area contributed by atoms with E-state index in [1.54, 1.807) is 11.6 Å². The average Bonchev–Trinajstić information content (AvgIpc) is 2.82. The second kappa shape index (κ2) is 9.40. The number of aromatic nitrogens is 1. The fourth-order valence-electron chi connectivity index (χ4n) is 4.42. The van der Waals surface area contributed by atoms with Gasteiger partial charge in [-0.05, 0) is 61.1 Å². The third-order valence-corrected chi connectivity index (χ3v) is 5.93. The number of carbonyl (C=O) groups is 1. The molecule has 0 radical (unpaired) electrons. The summed E-state index contributed by atoms with van der Waals surface area (Å²) < 4.78 is 8.14. The zero-order valence-corrected chi connectivity index (χ0v) is 19.9. The lowest BCUT2D eigenvalue weighted by molar-refractivity contribution is -0.116. The third kappa shape index (κ3) is 4.37. The highest BCUT2D eigenvalue weighted by Gasteiger charge is 2.19. The lowest BCUT2D eigenvalue weighted by atomic mass is 9.95. The van der Waals surface area contributed by atoms with E-state index in [1.165, 1.54) is 11.6 Å². The van der Waals surface area contributed by atoms with Crippen LogP contribution < -0.4 is 15.6 Å². The lowest BCUT2D eigenvalue weighted by Gasteiger charge is -2.20. The fourth-order valence-corrected chi connectivity index (χ4v) is 4.42. The van der Waals surface area contributed by atoms with Crippen molar-refractivity contribution in [3.8, 4) is 22.6 Å². The molecule has 0 atom stereocenters. The molecule has 34 heavy (non-hydrogen) atoms. The molecular weight excluding hydrogens is 424 g/mol. The van der Waals surface area contributed by atoms with Gasteiger partial charge in [-0.3, -0.25) is 9.59 Å². The topological polar surface area (TPSA) is 60.3 Å². The van der Waals surface area contributed by atoms with Gasteiger partial charge in [0, 0.05) is 36.3 Å². The Kier molecular flexibility index (Phi) is 6.37. The lowest BCUT2D eigenvalue weighted by Crippen LogP contribution is -2.21. The number of carbonyl (C=O) groups excluding carboxylic acids is 1. The molecule has 3 aromatic carbocycles. The first-order chi connectivity index (χ1) is 16.3. The Bertz CT molecular complexity index is 1460. The van der Waals surface area contributed by atoms with Crippen LogP contribution in [0.2, 0.25) is 0 Å². The Morgan fingerprint density at radius 1 is 1.03 bits per heavy atom. The molecule has 0 aliphatic heterocycles. The molecule has 0 fully saturated rings. The molecule has 5 nitrogen and oxygen atoms in total. The zero-order chi connectivity index (χ0) is 24.4. The van der Waals surface area contributed by atoms with Crippen LogP contribution in [0.3, 0.4) is 0 Å². The van der Waals surface area contributed by atoms with Crippen LogP contribution in [-0.4, -0.2) is 10.5 Å². The zero-order valence-electron chi connectivity index (χ0n) is 19.9. The van der Waals surface area contributed by atoms with Crippen molar-refractivity contribution < 1.29 is 9.53 Å². The molecule has 1 aromatic heterocycles. The predicted octanol–water partition coefficient (Wildman–Crippen LogP) is 5.73. The number of rotatable bonds is 6. The van der Waals surface area contributed by atoms with Crippen LogP contribution in [0.4, 0.5) is 0 Å². The summed E-state index contributed by atoms with van der Waals surface area (Å²) in [5.41, 5.74) is 5.76. The molecule has 4 aromatic rings. The summed E-state index contributed by atoms with van der Waals surface area (Å²) in [5.74, 6) is 1.20. The van der Waals surface area contributed by atoms with Crippen molar-refractivity contribution in [2.24, 2.45) is 7.05 Å². The van der Waals surface area contributed by atoms with E-state index in [0.717, 1.165) is 39.0 Å². The van der Waals surface area contributed by atoms with E-state index in [0.29, 0.717) is 17.7 Å². The summed E-state index contributed by atoms with van der Waals surface area (Å²) >= 11 is 0. The number of ether oxygens (including phenoxy) is 1. The van der Waals surface area contributed by atoms with Gasteiger partial charge < -0.3 is 14.6 Å². The van der Waals surface area contributed by atoms with Crippen LogP contribution in [0.5, 0.6) is 11.5 Å². The molecule has 1 heterocycles. The number of pyridine rings is 1. The molecule has 4 rings (SSSR count). The number of nitrogens with zero attached hydrogens (tertiary/aromatic N) is 1. The van der Waals surface area contributed by atoms with Gasteiger partial charge in [0.1, 0.15) is 11.5 Å². The molecule has 0 spiro atoms. The van der Waals surface area contributed by atoms with Gasteiger partial charge in [0.2, 0.25) is 5.91 Å². The van der Waals surface area contributed by atoms with Crippen molar-refractivity contribution in [3.05, 3.63) is 106 Å². The van der Waals surface area contributed by atoms with Gasteiger partial charge in [0.15, 0.2) is 0 Å². The van der Waals surface area contributed by atoms with E-state index in [2.05, 4.69) is 31.0 Å². The highest BCUT2D eigenvalue weighted by atomic mass is 16.5. The summed E-state index contributed by atoms with van der Waals surface area (Å²) in [6, 6.07) is 17.5. The second-order valence-corrected chi connectivity index (χ2v) is 8.55. The van der Waals surface area contributed by atoms with Crippen LogP contribution >= 0.6 is 0 Å². The summed E-state index contributed by atoms with van der Waals surface area (Å²) in [4.78, 5) is 24.7. The van der Waals surface area contributed by atoms with E-state index >= 15 is 0 Å². The Balaban J connectivity index is 1.98. The SMILES string of the molecule is C=CC(=O)NCc1cccc(Oc2c(C)cc(C)cc2C)c1-c1cn(C)c(=O)c2ccccc12.